The summed E-state index contributed by atoms with van der Waals surface area (Å²) in [5.74, 6) is 0.185. The molecule has 5 rings (SSSR count). The number of phenols is 1. The van der Waals surface area contributed by atoms with E-state index in [1.54, 1.807) is 29.5 Å². The van der Waals surface area contributed by atoms with Crippen LogP contribution in [0, 0.1) is 0 Å². The van der Waals surface area contributed by atoms with Gasteiger partial charge in [0.25, 0.3) is 5.56 Å². The predicted octanol–water partition coefficient (Wildman–Crippen LogP) is 3.44. The number of aromatic amines is 2. The normalized spacial score (nSPS) is 20.8. The lowest BCUT2D eigenvalue weighted by molar-refractivity contribution is -0.116. The monoisotopic (exact) mass is 409 g/mol. The number of benzene rings is 1. The van der Waals surface area contributed by atoms with E-state index in [-0.39, 0.29) is 23.0 Å². The fourth-order valence-electron chi connectivity index (χ4n) is 4.39. The van der Waals surface area contributed by atoms with Crippen LogP contribution in [0.2, 0.25) is 0 Å². The molecule has 8 heteroatoms. The molecule has 4 N–H and O–H groups in total. The number of carbonyl (C=O) groups is 1. The second-order valence-corrected chi connectivity index (χ2v) is 8.24. The quantitative estimate of drug-likeness (QED) is 0.530. The number of Topliss-reactive ketones (excluding diaryl/α,β-unsaturated/α-hetero) is 1. The largest absolute Gasteiger partial charge is 0.504 e. The van der Waals surface area contributed by atoms with Gasteiger partial charge >= 0.3 is 0 Å². The van der Waals surface area contributed by atoms with Crippen molar-refractivity contribution in [1.82, 2.24) is 10.2 Å². The zero-order valence-electron chi connectivity index (χ0n) is 15.6. The van der Waals surface area contributed by atoms with Gasteiger partial charge in [0.05, 0.1) is 18.6 Å². The standard InChI is InChI=1S/C21H19N3O4S/c1-28-14-5-2-4-11(19(14)26)16-17-12(22-20-18(16)21(27)24-23-20)8-10(9-13(17)25)15-6-3-7-29-15/h2-7,10,16,26H,8-9H2,1H3,(H3,22,23,24,27)/t10-,16-/m1/s1. The minimum atomic E-state index is -0.664. The van der Waals surface area contributed by atoms with Gasteiger partial charge in [0.2, 0.25) is 0 Å². The van der Waals surface area contributed by atoms with Crippen LogP contribution in [0.1, 0.15) is 40.7 Å². The molecule has 3 aromatic rings. The molecule has 1 aromatic carbocycles. The predicted molar refractivity (Wildman–Crippen MR) is 110 cm³/mol. The van der Waals surface area contributed by atoms with Crippen LogP contribution < -0.4 is 15.6 Å². The minimum Gasteiger partial charge on any atom is -0.504 e. The molecule has 29 heavy (non-hydrogen) atoms. The van der Waals surface area contributed by atoms with Crippen molar-refractivity contribution in [2.45, 2.75) is 24.7 Å². The van der Waals surface area contributed by atoms with Gasteiger partial charge in [0.15, 0.2) is 17.3 Å². The maximum atomic E-state index is 13.3. The number of hydrogen-bond acceptors (Lipinski definition) is 6. The molecule has 0 amide bonds. The van der Waals surface area contributed by atoms with Crippen molar-refractivity contribution in [3.05, 3.63) is 73.3 Å². The molecule has 0 fully saturated rings. The van der Waals surface area contributed by atoms with E-state index in [1.165, 1.54) is 12.0 Å². The first kappa shape index (κ1) is 17.8. The van der Waals surface area contributed by atoms with E-state index >= 15 is 0 Å². The number of ether oxygens (including phenoxy) is 1. The van der Waals surface area contributed by atoms with E-state index in [1.807, 2.05) is 17.5 Å². The van der Waals surface area contributed by atoms with Crippen molar-refractivity contribution in [3.63, 3.8) is 0 Å². The first-order valence-electron chi connectivity index (χ1n) is 9.31. The summed E-state index contributed by atoms with van der Waals surface area (Å²) in [7, 11) is 1.47. The Morgan fingerprint density at radius 3 is 2.76 bits per heavy atom. The SMILES string of the molecule is COc1cccc([C@@H]2C3=C(C[C@@H](c4cccs4)CC3=O)Nc3[nH][nH]c(=O)c32)c1O. The zero-order chi connectivity index (χ0) is 20.1. The van der Waals surface area contributed by atoms with E-state index < -0.39 is 5.92 Å². The number of thiophene rings is 1. The molecule has 7 nitrogen and oxygen atoms in total. The van der Waals surface area contributed by atoms with Gasteiger partial charge in [-0.25, -0.2) is 0 Å². The average molecular weight is 409 g/mol. The van der Waals surface area contributed by atoms with Crippen molar-refractivity contribution in [2.24, 2.45) is 0 Å². The number of aromatic hydroxyl groups is 1. The second-order valence-electron chi connectivity index (χ2n) is 7.26. The summed E-state index contributed by atoms with van der Waals surface area (Å²) in [5, 5.41) is 21.5. The molecule has 2 atom stereocenters. The van der Waals surface area contributed by atoms with Crippen LogP contribution in [0.5, 0.6) is 11.5 Å². The number of H-pyrrole nitrogens is 2. The number of para-hydroxylation sites is 1. The fourth-order valence-corrected chi connectivity index (χ4v) is 5.22. The topological polar surface area (TPSA) is 107 Å². The molecule has 0 bridgehead atoms. The van der Waals surface area contributed by atoms with Crippen LogP contribution in [-0.4, -0.2) is 28.2 Å². The number of methoxy groups -OCH3 is 1. The van der Waals surface area contributed by atoms with Crippen LogP contribution >= 0.6 is 11.3 Å². The lowest BCUT2D eigenvalue weighted by Gasteiger charge is -2.34. The van der Waals surface area contributed by atoms with Crippen LogP contribution in [0.15, 0.2) is 51.8 Å². The van der Waals surface area contributed by atoms with Gasteiger partial charge in [0.1, 0.15) is 5.82 Å². The van der Waals surface area contributed by atoms with E-state index in [0.29, 0.717) is 41.1 Å². The van der Waals surface area contributed by atoms with Crippen molar-refractivity contribution >= 4 is 22.9 Å². The molecule has 1 aliphatic carbocycles. The number of hydrogen-bond donors (Lipinski definition) is 4. The maximum Gasteiger partial charge on any atom is 0.270 e. The van der Waals surface area contributed by atoms with E-state index in [4.69, 9.17) is 4.74 Å². The highest BCUT2D eigenvalue weighted by atomic mass is 32.1. The second kappa shape index (κ2) is 6.66. The lowest BCUT2D eigenvalue weighted by atomic mass is 9.73. The first-order valence-corrected chi connectivity index (χ1v) is 10.2. The van der Waals surface area contributed by atoms with Gasteiger partial charge < -0.3 is 15.2 Å². The number of fused-ring (bicyclic) bond motifs is 1. The van der Waals surface area contributed by atoms with Crippen LogP contribution in [0.3, 0.4) is 0 Å². The third-order valence-electron chi connectivity index (χ3n) is 5.68. The zero-order valence-corrected chi connectivity index (χ0v) is 16.4. The number of phenolic OH excluding ortho intramolecular Hbond substituents is 1. The molecule has 1 aliphatic heterocycles. The summed E-state index contributed by atoms with van der Waals surface area (Å²) in [6.07, 6.45) is 1.04. The van der Waals surface area contributed by atoms with Crippen molar-refractivity contribution in [3.8, 4) is 11.5 Å². The Hall–Kier alpha value is -3.26. The van der Waals surface area contributed by atoms with Crippen LogP contribution in [-0.2, 0) is 4.79 Å². The van der Waals surface area contributed by atoms with E-state index in [0.717, 1.165) is 5.70 Å². The number of ketones is 1. The van der Waals surface area contributed by atoms with Gasteiger partial charge in [-0.05, 0) is 23.9 Å². The number of aromatic nitrogens is 2. The van der Waals surface area contributed by atoms with Gasteiger partial charge in [-0.2, -0.15) is 0 Å². The maximum absolute atomic E-state index is 13.3. The summed E-state index contributed by atoms with van der Waals surface area (Å²) < 4.78 is 5.25. The Labute approximate surface area is 170 Å². The number of allylic oxidation sites excluding steroid dienone is 2. The lowest BCUT2D eigenvalue weighted by Crippen LogP contribution is -2.31. The Morgan fingerprint density at radius 2 is 2.00 bits per heavy atom. The molecule has 3 heterocycles. The molecule has 0 saturated heterocycles. The highest BCUT2D eigenvalue weighted by molar-refractivity contribution is 7.10. The van der Waals surface area contributed by atoms with Crippen molar-refractivity contribution in [2.75, 3.05) is 12.4 Å². The van der Waals surface area contributed by atoms with E-state index in [9.17, 15) is 14.7 Å². The average Bonchev–Trinajstić information content (AvgIpc) is 3.37. The van der Waals surface area contributed by atoms with Gasteiger partial charge in [-0.1, -0.05) is 18.2 Å². The van der Waals surface area contributed by atoms with Crippen molar-refractivity contribution in [1.29, 1.82) is 0 Å². The van der Waals surface area contributed by atoms with Gasteiger partial charge in [0, 0.05) is 34.0 Å². The molecule has 0 radical (unpaired) electrons. The van der Waals surface area contributed by atoms with Crippen molar-refractivity contribution < 1.29 is 14.6 Å². The summed E-state index contributed by atoms with van der Waals surface area (Å²) in [6, 6.07) is 9.16. The molecular weight excluding hydrogens is 390 g/mol. The van der Waals surface area contributed by atoms with Gasteiger partial charge in [-0.15, -0.1) is 11.3 Å². The molecule has 148 valence electrons. The number of nitrogens with one attached hydrogen (secondary N) is 3. The number of carbonyl (C=O) groups excluding carboxylic acids is 1. The molecule has 2 aliphatic rings. The van der Waals surface area contributed by atoms with Crippen LogP contribution in [0.25, 0.3) is 0 Å². The molecule has 0 unspecified atom stereocenters. The van der Waals surface area contributed by atoms with Gasteiger partial charge in [-0.3, -0.25) is 19.8 Å². The summed E-state index contributed by atoms with van der Waals surface area (Å²) in [5.41, 5.74) is 1.89. The third-order valence-corrected chi connectivity index (χ3v) is 6.72. The molecule has 0 saturated carbocycles. The summed E-state index contributed by atoms with van der Waals surface area (Å²) in [6.45, 7) is 0. The highest BCUT2D eigenvalue weighted by Crippen LogP contribution is 2.49. The van der Waals surface area contributed by atoms with E-state index in [2.05, 4.69) is 15.5 Å². The smallest absolute Gasteiger partial charge is 0.270 e. The highest BCUT2D eigenvalue weighted by Gasteiger charge is 2.41. The summed E-state index contributed by atoms with van der Waals surface area (Å²) >= 11 is 1.64. The Bertz CT molecular complexity index is 1190. The fraction of sp³-hybridized carbons (Fsp3) is 0.238. The first-order chi connectivity index (χ1) is 14.1. The Kier molecular flexibility index (Phi) is 4.09. The number of rotatable bonds is 3. The minimum absolute atomic E-state index is 0.0179. The molecule has 2 aromatic heterocycles. The summed E-state index contributed by atoms with van der Waals surface area (Å²) in [4.78, 5) is 27.0. The molecular formula is C21H19N3O4S. The molecule has 0 spiro atoms. The number of anilines is 1. The Balaban J connectivity index is 1.69. The Morgan fingerprint density at radius 1 is 1.14 bits per heavy atom. The van der Waals surface area contributed by atoms with Crippen LogP contribution in [0.4, 0.5) is 5.82 Å². The third kappa shape index (κ3) is 2.71.